The number of aliphatic carboxylic acids is 1. The minimum Gasteiger partial charge on any atom is -0.481 e. The molecule has 0 radical (unpaired) electrons. The molecule has 0 aliphatic carbocycles. The summed E-state index contributed by atoms with van der Waals surface area (Å²) in [4.78, 5) is 11.4. The molecule has 4 heteroatoms. The van der Waals surface area contributed by atoms with Crippen molar-refractivity contribution < 1.29 is 9.90 Å². The van der Waals surface area contributed by atoms with Crippen LogP contribution in [0.2, 0.25) is 0 Å². The first-order chi connectivity index (χ1) is 7.70. The van der Waals surface area contributed by atoms with Gasteiger partial charge in [-0.15, -0.1) is 0 Å². The summed E-state index contributed by atoms with van der Waals surface area (Å²) in [6, 6.07) is 7.63. The lowest BCUT2D eigenvalue weighted by molar-refractivity contribution is -0.140. The van der Waals surface area contributed by atoms with Crippen molar-refractivity contribution in [2.75, 3.05) is 11.5 Å². The van der Waals surface area contributed by atoms with E-state index in [9.17, 15) is 9.90 Å². The molecule has 1 heterocycles. The number of carboxylic acids is 1. The van der Waals surface area contributed by atoms with E-state index in [1.54, 1.807) is 0 Å². The van der Waals surface area contributed by atoms with Crippen LogP contribution in [-0.2, 0) is 4.79 Å². The van der Waals surface area contributed by atoms with E-state index in [1.807, 2.05) is 36.0 Å². The molecule has 1 N–H and O–H groups in total. The summed E-state index contributed by atoms with van der Waals surface area (Å²) in [5, 5.41) is 9.38. The second-order valence-electron chi connectivity index (χ2n) is 3.96. The quantitative estimate of drug-likeness (QED) is 0.930. The predicted octanol–water partition coefficient (Wildman–Crippen LogP) is 3.37. The highest BCUT2D eigenvalue weighted by molar-refractivity contribution is 9.10. The smallest absolute Gasteiger partial charge is 0.311 e. The number of carbonyl (C=O) groups is 1. The number of thioether (sulfide) groups is 1. The van der Waals surface area contributed by atoms with Crippen molar-refractivity contribution in [2.45, 2.75) is 12.3 Å². The van der Waals surface area contributed by atoms with Gasteiger partial charge in [-0.25, -0.2) is 0 Å². The van der Waals surface area contributed by atoms with E-state index in [2.05, 4.69) is 15.9 Å². The minimum atomic E-state index is -0.709. The van der Waals surface area contributed by atoms with Crippen molar-refractivity contribution in [1.29, 1.82) is 0 Å². The van der Waals surface area contributed by atoms with E-state index in [0.29, 0.717) is 0 Å². The van der Waals surface area contributed by atoms with Crippen molar-refractivity contribution in [3.63, 3.8) is 0 Å². The van der Waals surface area contributed by atoms with E-state index in [-0.39, 0.29) is 11.8 Å². The normalized spacial score (nSPS) is 21.9. The first-order valence-electron chi connectivity index (χ1n) is 5.25. The maximum Gasteiger partial charge on any atom is 0.311 e. The van der Waals surface area contributed by atoms with Crippen LogP contribution in [0.4, 0.5) is 0 Å². The van der Waals surface area contributed by atoms with E-state index >= 15 is 0 Å². The Bertz CT molecular complexity index is 388. The van der Waals surface area contributed by atoms with Crippen molar-refractivity contribution in [3.8, 4) is 0 Å². The van der Waals surface area contributed by atoms with Crippen molar-refractivity contribution in [1.82, 2.24) is 0 Å². The molecule has 1 aromatic rings. The second-order valence-corrected chi connectivity index (χ2v) is 5.97. The second kappa shape index (κ2) is 5.23. The predicted molar refractivity (Wildman–Crippen MR) is 70.0 cm³/mol. The van der Waals surface area contributed by atoms with Gasteiger partial charge in [0.05, 0.1) is 5.92 Å². The molecule has 1 saturated heterocycles. The minimum absolute atomic E-state index is 0.265. The van der Waals surface area contributed by atoms with Crippen LogP contribution in [0.3, 0.4) is 0 Å². The molecule has 1 aromatic carbocycles. The van der Waals surface area contributed by atoms with Gasteiger partial charge in [0.15, 0.2) is 0 Å². The molecule has 0 bridgehead atoms. The summed E-state index contributed by atoms with van der Waals surface area (Å²) in [5.74, 6) is 1.23. The van der Waals surface area contributed by atoms with Gasteiger partial charge in [0.2, 0.25) is 0 Å². The van der Waals surface area contributed by atoms with Crippen LogP contribution in [0.5, 0.6) is 0 Å². The fraction of sp³-hybridized carbons (Fsp3) is 0.417. The molecule has 2 unspecified atom stereocenters. The third-order valence-corrected chi connectivity index (χ3v) is 4.85. The molecule has 16 heavy (non-hydrogen) atoms. The van der Waals surface area contributed by atoms with Crippen molar-refractivity contribution in [2.24, 2.45) is 5.92 Å². The molecule has 2 rings (SSSR count). The molecule has 86 valence electrons. The van der Waals surface area contributed by atoms with Gasteiger partial charge in [0, 0.05) is 4.47 Å². The third kappa shape index (κ3) is 2.43. The maximum atomic E-state index is 11.4. The van der Waals surface area contributed by atoms with Crippen LogP contribution < -0.4 is 0 Å². The summed E-state index contributed by atoms with van der Waals surface area (Å²) >= 11 is 5.29. The van der Waals surface area contributed by atoms with Crippen LogP contribution in [0.25, 0.3) is 0 Å². The standard InChI is InChI=1S/C12H13BrO2S/c13-10-4-2-1-3-9(10)11(12(14)15)8-5-6-16-7-8/h1-4,8,11H,5-7H2,(H,14,15). The van der Waals surface area contributed by atoms with Crippen LogP contribution in [0, 0.1) is 5.92 Å². The van der Waals surface area contributed by atoms with E-state index in [4.69, 9.17) is 0 Å². The lowest BCUT2D eigenvalue weighted by Crippen LogP contribution is -2.21. The number of halogens is 1. The molecule has 2 nitrogen and oxygen atoms in total. The van der Waals surface area contributed by atoms with Gasteiger partial charge in [-0.3, -0.25) is 4.79 Å². The summed E-state index contributed by atoms with van der Waals surface area (Å²) in [6.45, 7) is 0. The monoisotopic (exact) mass is 300 g/mol. The van der Waals surface area contributed by atoms with Crippen molar-refractivity contribution in [3.05, 3.63) is 34.3 Å². The highest BCUT2D eigenvalue weighted by Gasteiger charge is 2.33. The third-order valence-electron chi connectivity index (χ3n) is 2.94. The van der Waals surface area contributed by atoms with E-state index in [1.165, 1.54) is 0 Å². The first-order valence-corrected chi connectivity index (χ1v) is 7.20. The first kappa shape index (κ1) is 12.0. The Morgan fingerprint density at radius 2 is 2.25 bits per heavy atom. The Kier molecular flexibility index (Phi) is 3.92. The van der Waals surface area contributed by atoms with Gasteiger partial charge in [0.25, 0.3) is 0 Å². The zero-order valence-corrected chi connectivity index (χ0v) is 11.1. The summed E-state index contributed by atoms with van der Waals surface area (Å²) < 4.78 is 0.902. The average molecular weight is 301 g/mol. The van der Waals surface area contributed by atoms with Crippen LogP contribution in [0.15, 0.2) is 28.7 Å². The number of carboxylic acid groups (broad SMARTS) is 1. The molecule has 0 spiro atoms. The zero-order valence-electron chi connectivity index (χ0n) is 8.73. The van der Waals surface area contributed by atoms with Crippen LogP contribution in [0.1, 0.15) is 17.9 Å². The SMILES string of the molecule is O=C(O)C(c1ccccc1Br)C1CCSC1. The number of rotatable bonds is 3. The van der Waals surface area contributed by atoms with E-state index < -0.39 is 5.97 Å². The lowest BCUT2D eigenvalue weighted by Gasteiger charge is -2.20. The Labute approximate surface area is 108 Å². The Morgan fingerprint density at radius 3 is 2.81 bits per heavy atom. The highest BCUT2D eigenvalue weighted by Crippen LogP contribution is 2.38. The number of benzene rings is 1. The van der Waals surface area contributed by atoms with Gasteiger partial charge < -0.3 is 5.11 Å². The molecule has 1 aliphatic heterocycles. The molecule has 1 fully saturated rings. The Hall–Kier alpha value is -0.480. The molecule has 0 aromatic heterocycles. The van der Waals surface area contributed by atoms with Gasteiger partial charge in [0.1, 0.15) is 0 Å². The van der Waals surface area contributed by atoms with Crippen LogP contribution >= 0.6 is 27.7 Å². The fourth-order valence-electron chi connectivity index (χ4n) is 2.13. The zero-order chi connectivity index (χ0) is 11.5. The summed E-state index contributed by atoms with van der Waals surface area (Å²) in [5.41, 5.74) is 0.905. The maximum absolute atomic E-state index is 11.4. The Morgan fingerprint density at radius 1 is 1.50 bits per heavy atom. The molecule has 1 aliphatic rings. The van der Waals surface area contributed by atoms with Gasteiger partial charge in [-0.1, -0.05) is 34.1 Å². The molecule has 0 amide bonds. The van der Waals surface area contributed by atoms with Gasteiger partial charge in [-0.05, 0) is 35.5 Å². The molecular formula is C12H13BrO2S. The molecular weight excluding hydrogens is 288 g/mol. The number of hydrogen-bond donors (Lipinski definition) is 1. The van der Waals surface area contributed by atoms with Gasteiger partial charge >= 0.3 is 5.97 Å². The van der Waals surface area contributed by atoms with Crippen LogP contribution in [-0.4, -0.2) is 22.6 Å². The lowest BCUT2D eigenvalue weighted by atomic mass is 9.86. The van der Waals surface area contributed by atoms with Gasteiger partial charge in [-0.2, -0.15) is 11.8 Å². The average Bonchev–Trinajstić information content (AvgIpc) is 2.74. The topological polar surface area (TPSA) is 37.3 Å². The highest BCUT2D eigenvalue weighted by atomic mass is 79.9. The van der Waals surface area contributed by atoms with E-state index in [0.717, 1.165) is 28.0 Å². The summed E-state index contributed by atoms with van der Waals surface area (Å²) in [7, 11) is 0. The fourth-order valence-corrected chi connectivity index (χ4v) is 3.96. The molecule has 2 atom stereocenters. The Balaban J connectivity index is 2.32. The molecule has 0 saturated carbocycles. The van der Waals surface area contributed by atoms with Crippen molar-refractivity contribution >= 4 is 33.7 Å². The number of hydrogen-bond acceptors (Lipinski definition) is 2. The summed E-state index contributed by atoms with van der Waals surface area (Å²) in [6.07, 6.45) is 1.00. The largest absolute Gasteiger partial charge is 0.481 e.